The molecule has 116 valence electrons. The second-order valence-electron chi connectivity index (χ2n) is 5.21. The minimum absolute atomic E-state index is 0.0600. The summed E-state index contributed by atoms with van der Waals surface area (Å²) < 4.78 is 6.06. The van der Waals surface area contributed by atoms with Crippen molar-refractivity contribution in [2.24, 2.45) is 0 Å². The molecule has 0 atom stereocenters. The second kappa shape index (κ2) is 7.78. The van der Waals surface area contributed by atoms with Crippen LogP contribution in [0.2, 0.25) is 0 Å². The third-order valence-electron chi connectivity index (χ3n) is 3.49. The van der Waals surface area contributed by atoms with Crippen molar-refractivity contribution in [3.8, 4) is 0 Å². The number of amides is 1. The monoisotopic (exact) mass is 294 g/mol. The lowest BCUT2D eigenvalue weighted by atomic mass is 9.93. The molecule has 1 aromatic heterocycles. The quantitative estimate of drug-likeness (QED) is 0.676. The predicted octanol–water partition coefficient (Wildman–Crippen LogP) is 0.360. The highest BCUT2D eigenvalue weighted by Gasteiger charge is 2.17. The van der Waals surface area contributed by atoms with Gasteiger partial charge in [-0.1, -0.05) is 0 Å². The van der Waals surface area contributed by atoms with E-state index in [2.05, 4.69) is 15.7 Å². The van der Waals surface area contributed by atoms with Crippen LogP contribution in [0, 0.1) is 0 Å². The number of ether oxygens (including phenoxy) is 1. The van der Waals surface area contributed by atoms with Crippen LogP contribution < -0.4 is 16.2 Å². The van der Waals surface area contributed by atoms with E-state index >= 15 is 0 Å². The average molecular weight is 294 g/mol. The van der Waals surface area contributed by atoms with E-state index in [1.54, 1.807) is 13.3 Å². The number of hydrogen-bond donors (Lipinski definition) is 2. The zero-order valence-corrected chi connectivity index (χ0v) is 12.3. The van der Waals surface area contributed by atoms with Crippen molar-refractivity contribution >= 4 is 11.6 Å². The van der Waals surface area contributed by atoms with Crippen LogP contribution in [-0.2, 0) is 16.1 Å². The van der Waals surface area contributed by atoms with Gasteiger partial charge in [-0.15, -0.1) is 0 Å². The van der Waals surface area contributed by atoms with E-state index in [4.69, 9.17) is 4.74 Å². The number of rotatable bonds is 8. The number of carbonyl (C=O) groups is 1. The van der Waals surface area contributed by atoms with Gasteiger partial charge in [0.2, 0.25) is 5.91 Å². The molecule has 0 aromatic carbocycles. The molecule has 2 N–H and O–H groups in total. The zero-order chi connectivity index (χ0) is 15.1. The van der Waals surface area contributed by atoms with Gasteiger partial charge in [0.05, 0.1) is 11.9 Å². The minimum Gasteiger partial charge on any atom is -0.385 e. The van der Waals surface area contributed by atoms with Gasteiger partial charge in [0.15, 0.2) is 0 Å². The fourth-order valence-corrected chi connectivity index (χ4v) is 2.06. The molecule has 1 saturated carbocycles. The van der Waals surface area contributed by atoms with E-state index < -0.39 is 0 Å². The van der Waals surface area contributed by atoms with E-state index in [1.807, 2.05) is 0 Å². The van der Waals surface area contributed by atoms with E-state index in [1.165, 1.54) is 12.5 Å². The van der Waals surface area contributed by atoms with Crippen LogP contribution in [-0.4, -0.2) is 42.0 Å². The Bertz CT molecular complexity index is 525. The first-order valence-corrected chi connectivity index (χ1v) is 7.28. The second-order valence-corrected chi connectivity index (χ2v) is 5.21. The molecule has 7 heteroatoms. The normalized spacial score (nSPS) is 14.5. The highest BCUT2D eigenvalue weighted by molar-refractivity contribution is 5.75. The van der Waals surface area contributed by atoms with Crippen molar-refractivity contribution in [3.05, 3.63) is 22.6 Å². The summed E-state index contributed by atoms with van der Waals surface area (Å²) in [7, 11) is 1.62. The van der Waals surface area contributed by atoms with Crippen molar-refractivity contribution < 1.29 is 9.53 Å². The molecule has 7 nitrogen and oxygen atoms in total. The van der Waals surface area contributed by atoms with Gasteiger partial charge >= 0.3 is 0 Å². The topological polar surface area (TPSA) is 85.2 Å². The maximum absolute atomic E-state index is 11.9. The van der Waals surface area contributed by atoms with E-state index in [0.29, 0.717) is 19.2 Å². The molecule has 1 aliphatic rings. The Hall–Kier alpha value is -1.89. The molecule has 1 fully saturated rings. The SMILES string of the molecule is COCCCNC(=O)Cn1ncc(NC2CCC2)cc1=O. The van der Waals surface area contributed by atoms with Crippen molar-refractivity contribution in [3.63, 3.8) is 0 Å². The third kappa shape index (κ3) is 4.86. The van der Waals surface area contributed by atoms with Crippen LogP contribution in [0.5, 0.6) is 0 Å². The number of nitrogens with one attached hydrogen (secondary N) is 2. The van der Waals surface area contributed by atoms with Gasteiger partial charge in [-0.05, 0) is 25.7 Å². The number of hydrogen-bond acceptors (Lipinski definition) is 5. The summed E-state index contributed by atoms with van der Waals surface area (Å²) in [4.78, 5) is 23.6. The lowest BCUT2D eigenvalue weighted by Gasteiger charge is -2.27. The first kappa shape index (κ1) is 15.5. The maximum atomic E-state index is 11.9. The molecular weight excluding hydrogens is 272 g/mol. The lowest BCUT2D eigenvalue weighted by Crippen LogP contribution is -2.34. The van der Waals surface area contributed by atoms with Gasteiger partial charge in [0.25, 0.3) is 5.56 Å². The number of carbonyl (C=O) groups excluding carboxylic acids is 1. The Kier molecular flexibility index (Phi) is 5.74. The Morgan fingerprint density at radius 3 is 2.95 bits per heavy atom. The van der Waals surface area contributed by atoms with E-state index in [9.17, 15) is 9.59 Å². The van der Waals surface area contributed by atoms with E-state index in [-0.39, 0.29) is 18.0 Å². The highest BCUT2D eigenvalue weighted by Crippen LogP contribution is 2.21. The van der Waals surface area contributed by atoms with Crippen molar-refractivity contribution in [2.75, 3.05) is 25.6 Å². The van der Waals surface area contributed by atoms with Gasteiger partial charge < -0.3 is 15.4 Å². The fourth-order valence-electron chi connectivity index (χ4n) is 2.06. The van der Waals surface area contributed by atoms with Crippen LogP contribution in [0.25, 0.3) is 0 Å². The first-order chi connectivity index (χ1) is 10.2. The van der Waals surface area contributed by atoms with Crippen molar-refractivity contribution in [1.82, 2.24) is 15.1 Å². The molecule has 0 spiro atoms. The summed E-state index contributed by atoms with van der Waals surface area (Å²) in [5, 5.41) is 10.0. The molecule has 1 aliphatic carbocycles. The summed E-state index contributed by atoms with van der Waals surface area (Å²) in [6.07, 6.45) is 5.83. The molecule has 2 rings (SSSR count). The fraction of sp³-hybridized carbons (Fsp3) is 0.643. The van der Waals surface area contributed by atoms with Gasteiger partial charge in [0, 0.05) is 32.4 Å². The predicted molar refractivity (Wildman–Crippen MR) is 79.3 cm³/mol. The molecule has 0 unspecified atom stereocenters. The third-order valence-corrected chi connectivity index (χ3v) is 3.49. The zero-order valence-electron chi connectivity index (χ0n) is 12.3. The van der Waals surface area contributed by atoms with Gasteiger partial charge in [-0.2, -0.15) is 5.10 Å². The van der Waals surface area contributed by atoms with Crippen molar-refractivity contribution in [2.45, 2.75) is 38.3 Å². The Morgan fingerprint density at radius 2 is 2.33 bits per heavy atom. The van der Waals surface area contributed by atoms with Gasteiger partial charge in [-0.3, -0.25) is 9.59 Å². The summed E-state index contributed by atoms with van der Waals surface area (Å²) in [6, 6.07) is 1.94. The number of aromatic nitrogens is 2. The Labute approximate surface area is 123 Å². The van der Waals surface area contributed by atoms with Crippen LogP contribution >= 0.6 is 0 Å². The minimum atomic E-state index is -0.272. The van der Waals surface area contributed by atoms with Gasteiger partial charge in [-0.25, -0.2) is 4.68 Å². The smallest absolute Gasteiger partial charge is 0.269 e. The molecule has 1 amide bonds. The summed E-state index contributed by atoms with van der Waals surface area (Å²) in [6.45, 7) is 1.07. The molecule has 0 aliphatic heterocycles. The molecular formula is C14H22N4O3. The Balaban J connectivity index is 1.82. The lowest BCUT2D eigenvalue weighted by molar-refractivity contribution is -0.121. The maximum Gasteiger partial charge on any atom is 0.269 e. The number of anilines is 1. The van der Waals surface area contributed by atoms with Crippen LogP contribution in [0.1, 0.15) is 25.7 Å². The summed E-state index contributed by atoms with van der Waals surface area (Å²) in [5.41, 5.74) is 0.452. The number of nitrogens with zero attached hydrogens (tertiary/aromatic N) is 2. The number of methoxy groups -OCH3 is 1. The highest BCUT2D eigenvalue weighted by atomic mass is 16.5. The standard InChI is InChI=1S/C14H22N4O3/c1-21-7-3-6-15-13(19)10-18-14(20)8-12(9-16-18)17-11-4-2-5-11/h8-9,11,17H,2-7,10H2,1H3,(H,15,19). The molecule has 1 heterocycles. The van der Waals surface area contributed by atoms with E-state index in [0.717, 1.165) is 29.6 Å². The van der Waals surface area contributed by atoms with Gasteiger partial charge in [0.1, 0.15) is 6.54 Å². The average Bonchev–Trinajstić information content (AvgIpc) is 2.42. The molecule has 21 heavy (non-hydrogen) atoms. The summed E-state index contributed by atoms with van der Waals surface area (Å²) in [5.74, 6) is -0.222. The van der Waals surface area contributed by atoms with Crippen molar-refractivity contribution in [1.29, 1.82) is 0 Å². The molecule has 0 radical (unpaired) electrons. The van der Waals surface area contributed by atoms with Crippen LogP contribution in [0.3, 0.4) is 0 Å². The Morgan fingerprint density at radius 1 is 1.52 bits per heavy atom. The first-order valence-electron chi connectivity index (χ1n) is 7.28. The largest absolute Gasteiger partial charge is 0.385 e. The van der Waals surface area contributed by atoms with Crippen LogP contribution in [0.15, 0.2) is 17.1 Å². The molecule has 0 bridgehead atoms. The molecule has 0 saturated heterocycles. The van der Waals surface area contributed by atoms with Crippen LogP contribution in [0.4, 0.5) is 5.69 Å². The summed E-state index contributed by atoms with van der Waals surface area (Å²) >= 11 is 0. The molecule has 1 aromatic rings.